The number of nitrogens with zero attached hydrogens (tertiary/aromatic N) is 1. The van der Waals surface area contributed by atoms with Crippen LogP contribution in [0, 0.1) is 0 Å². The Balaban J connectivity index is 1.62. The number of carbonyl (C=O) groups excluding carboxylic acids is 2. The van der Waals surface area contributed by atoms with Crippen molar-refractivity contribution in [3.05, 3.63) is 59.2 Å². The molecule has 166 valence electrons. The van der Waals surface area contributed by atoms with Gasteiger partial charge in [-0.3, -0.25) is 9.59 Å². The highest BCUT2D eigenvalue weighted by Crippen LogP contribution is 2.43. The van der Waals surface area contributed by atoms with Gasteiger partial charge in [0.2, 0.25) is 6.79 Å². The summed E-state index contributed by atoms with van der Waals surface area (Å²) in [5.41, 5.74) is 1.07. The van der Waals surface area contributed by atoms with Crippen molar-refractivity contribution in [1.29, 1.82) is 0 Å². The minimum atomic E-state index is -0.778. The minimum absolute atomic E-state index is 0.0279. The summed E-state index contributed by atoms with van der Waals surface area (Å²) < 4.78 is 21.9. The van der Waals surface area contributed by atoms with Crippen molar-refractivity contribution in [1.82, 2.24) is 4.90 Å². The fraction of sp³-hybridized carbons (Fsp3) is 0.333. The van der Waals surface area contributed by atoms with E-state index >= 15 is 0 Å². The van der Waals surface area contributed by atoms with Gasteiger partial charge >= 0.3 is 0 Å². The SMILES string of the molecule is COc1cccc(C(O)=C2C(=O)C(=O)N(CC3CCCO3)C2c2ccc3c(c2)OCO3)c1. The summed E-state index contributed by atoms with van der Waals surface area (Å²) in [5.74, 6) is 0.0184. The lowest BCUT2D eigenvalue weighted by atomic mass is 9.94. The maximum Gasteiger partial charge on any atom is 0.295 e. The molecule has 0 saturated carbocycles. The zero-order valence-corrected chi connectivity index (χ0v) is 17.6. The molecule has 5 rings (SSSR count). The van der Waals surface area contributed by atoms with Crippen LogP contribution in [0.15, 0.2) is 48.0 Å². The number of amides is 1. The number of rotatable bonds is 5. The molecule has 0 radical (unpaired) electrons. The van der Waals surface area contributed by atoms with Gasteiger partial charge in [-0.05, 0) is 42.7 Å². The van der Waals surface area contributed by atoms with Gasteiger partial charge in [-0.15, -0.1) is 0 Å². The van der Waals surface area contributed by atoms with Crippen molar-refractivity contribution in [2.24, 2.45) is 0 Å². The maximum absolute atomic E-state index is 13.1. The number of aliphatic hydroxyl groups is 1. The number of aliphatic hydroxyl groups excluding tert-OH is 1. The van der Waals surface area contributed by atoms with Crippen LogP contribution in [0.4, 0.5) is 0 Å². The van der Waals surface area contributed by atoms with Gasteiger partial charge in [0.15, 0.2) is 11.5 Å². The highest BCUT2D eigenvalue weighted by Gasteiger charge is 2.47. The van der Waals surface area contributed by atoms with E-state index in [0.29, 0.717) is 35.0 Å². The Labute approximate surface area is 184 Å². The number of hydrogen-bond donors (Lipinski definition) is 1. The topological polar surface area (TPSA) is 94.5 Å². The number of fused-ring (bicyclic) bond motifs is 1. The molecule has 3 aliphatic heterocycles. The average molecular weight is 437 g/mol. The summed E-state index contributed by atoms with van der Waals surface area (Å²) in [7, 11) is 1.52. The molecule has 0 bridgehead atoms. The molecule has 2 aromatic rings. The predicted octanol–water partition coefficient (Wildman–Crippen LogP) is 3.02. The summed E-state index contributed by atoms with van der Waals surface area (Å²) in [5, 5.41) is 11.2. The molecule has 2 aromatic carbocycles. The van der Waals surface area contributed by atoms with Crippen LogP contribution in [0.1, 0.15) is 30.0 Å². The van der Waals surface area contributed by atoms with E-state index in [1.165, 1.54) is 12.0 Å². The zero-order valence-electron chi connectivity index (χ0n) is 17.6. The van der Waals surface area contributed by atoms with E-state index in [-0.39, 0.29) is 30.8 Å². The van der Waals surface area contributed by atoms with Crippen LogP contribution in [-0.2, 0) is 14.3 Å². The third-order valence-corrected chi connectivity index (χ3v) is 6.02. The van der Waals surface area contributed by atoms with E-state index in [1.54, 1.807) is 42.5 Å². The van der Waals surface area contributed by atoms with Gasteiger partial charge in [0.05, 0.1) is 24.8 Å². The number of ether oxygens (including phenoxy) is 4. The highest BCUT2D eigenvalue weighted by molar-refractivity contribution is 6.46. The molecular formula is C24H23NO7. The van der Waals surface area contributed by atoms with Crippen LogP contribution in [0.3, 0.4) is 0 Å². The van der Waals surface area contributed by atoms with Crippen LogP contribution in [0.5, 0.6) is 17.2 Å². The van der Waals surface area contributed by atoms with Crippen LogP contribution < -0.4 is 14.2 Å². The zero-order chi connectivity index (χ0) is 22.2. The Bertz CT molecular complexity index is 1100. The Hall–Kier alpha value is -3.52. The lowest BCUT2D eigenvalue weighted by molar-refractivity contribution is -0.140. The second kappa shape index (κ2) is 8.20. The Morgan fingerprint density at radius 3 is 2.78 bits per heavy atom. The number of likely N-dealkylation sites (tertiary alicyclic amines) is 1. The van der Waals surface area contributed by atoms with E-state index in [4.69, 9.17) is 18.9 Å². The van der Waals surface area contributed by atoms with Gasteiger partial charge in [0.25, 0.3) is 11.7 Å². The van der Waals surface area contributed by atoms with Crippen molar-refractivity contribution in [2.75, 3.05) is 27.1 Å². The number of benzene rings is 2. The molecule has 2 unspecified atom stereocenters. The number of hydrogen-bond acceptors (Lipinski definition) is 7. The molecule has 2 saturated heterocycles. The molecule has 3 heterocycles. The van der Waals surface area contributed by atoms with Gasteiger partial charge in [-0.2, -0.15) is 0 Å². The third kappa shape index (κ3) is 3.46. The van der Waals surface area contributed by atoms with E-state index < -0.39 is 17.7 Å². The van der Waals surface area contributed by atoms with Crippen molar-refractivity contribution in [3.63, 3.8) is 0 Å². The number of carbonyl (C=O) groups is 2. The fourth-order valence-electron chi connectivity index (χ4n) is 4.43. The summed E-state index contributed by atoms with van der Waals surface area (Å²) in [6.07, 6.45) is 1.57. The predicted molar refractivity (Wildman–Crippen MR) is 114 cm³/mol. The maximum atomic E-state index is 13.1. The van der Waals surface area contributed by atoms with Gasteiger partial charge in [0.1, 0.15) is 11.5 Å². The average Bonchev–Trinajstić information content (AvgIpc) is 3.55. The van der Waals surface area contributed by atoms with E-state index in [0.717, 1.165) is 12.8 Å². The van der Waals surface area contributed by atoms with Crippen molar-refractivity contribution in [2.45, 2.75) is 25.0 Å². The first-order chi connectivity index (χ1) is 15.6. The largest absolute Gasteiger partial charge is 0.507 e. The molecule has 1 N–H and O–H groups in total. The van der Waals surface area contributed by atoms with Crippen LogP contribution in [0.2, 0.25) is 0 Å². The molecule has 2 atom stereocenters. The van der Waals surface area contributed by atoms with Crippen molar-refractivity contribution < 1.29 is 33.6 Å². The Morgan fingerprint density at radius 2 is 2.00 bits per heavy atom. The molecule has 0 spiro atoms. The second-order valence-corrected chi connectivity index (χ2v) is 7.93. The first kappa shape index (κ1) is 20.4. The molecule has 2 fully saturated rings. The van der Waals surface area contributed by atoms with E-state index in [2.05, 4.69) is 0 Å². The molecular weight excluding hydrogens is 414 g/mol. The summed E-state index contributed by atoms with van der Waals surface area (Å²) in [6.45, 7) is 1.00. The van der Waals surface area contributed by atoms with Gasteiger partial charge in [-0.25, -0.2) is 0 Å². The van der Waals surface area contributed by atoms with E-state index in [9.17, 15) is 14.7 Å². The first-order valence-corrected chi connectivity index (χ1v) is 10.5. The monoisotopic (exact) mass is 437 g/mol. The summed E-state index contributed by atoms with van der Waals surface area (Å²) in [6, 6.07) is 11.2. The molecule has 0 aliphatic carbocycles. The lowest BCUT2D eigenvalue weighted by Crippen LogP contribution is -2.36. The molecule has 8 heteroatoms. The number of methoxy groups -OCH3 is 1. The summed E-state index contributed by atoms with van der Waals surface area (Å²) in [4.78, 5) is 27.7. The molecule has 0 aromatic heterocycles. The molecule has 1 amide bonds. The standard InChI is InChI=1S/C24H23NO7/c1-29-16-5-2-4-15(10-16)22(26)20-21(14-7-8-18-19(11-14)32-13-31-18)25(24(28)23(20)27)12-17-6-3-9-30-17/h2,4-5,7-8,10-11,17,21,26H,3,6,9,12-13H2,1H3. The smallest absolute Gasteiger partial charge is 0.295 e. The third-order valence-electron chi connectivity index (χ3n) is 6.02. The highest BCUT2D eigenvalue weighted by atomic mass is 16.7. The Morgan fingerprint density at radius 1 is 1.16 bits per heavy atom. The second-order valence-electron chi connectivity index (χ2n) is 7.93. The van der Waals surface area contributed by atoms with Gasteiger partial charge in [0, 0.05) is 18.7 Å². The number of ketones is 1. The molecule has 3 aliphatic rings. The Kier molecular flexibility index (Phi) is 5.22. The number of Topliss-reactive ketones (excluding diaryl/α,β-unsaturated/α-hetero) is 1. The van der Waals surface area contributed by atoms with Crippen LogP contribution in [-0.4, -0.2) is 54.9 Å². The van der Waals surface area contributed by atoms with Gasteiger partial charge in [-0.1, -0.05) is 18.2 Å². The van der Waals surface area contributed by atoms with Crippen LogP contribution in [0.25, 0.3) is 5.76 Å². The quantitative estimate of drug-likeness (QED) is 0.437. The van der Waals surface area contributed by atoms with E-state index in [1.807, 2.05) is 0 Å². The van der Waals surface area contributed by atoms with Gasteiger partial charge < -0.3 is 29.0 Å². The summed E-state index contributed by atoms with van der Waals surface area (Å²) >= 11 is 0. The normalized spacial score (nSPS) is 23.7. The molecule has 8 nitrogen and oxygen atoms in total. The van der Waals surface area contributed by atoms with Crippen molar-refractivity contribution >= 4 is 17.4 Å². The first-order valence-electron chi connectivity index (χ1n) is 10.5. The van der Waals surface area contributed by atoms with Crippen LogP contribution >= 0.6 is 0 Å². The minimum Gasteiger partial charge on any atom is -0.507 e. The lowest BCUT2D eigenvalue weighted by Gasteiger charge is -2.27. The van der Waals surface area contributed by atoms with Crippen molar-refractivity contribution in [3.8, 4) is 17.2 Å². The fourth-order valence-corrected chi connectivity index (χ4v) is 4.43. The molecule has 32 heavy (non-hydrogen) atoms.